The molecule has 2 aromatic rings. The number of hydrogen-bond donors (Lipinski definition) is 1. The van der Waals surface area contributed by atoms with Gasteiger partial charge in [-0.3, -0.25) is 4.90 Å². The van der Waals surface area contributed by atoms with Gasteiger partial charge >= 0.3 is 0 Å². The summed E-state index contributed by atoms with van der Waals surface area (Å²) in [6.07, 6.45) is 1.14. The predicted molar refractivity (Wildman–Crippen MR) is 101 cm³/mol. The first-order valence-electron chi connectivity index (χ1n) is 8.74. The highest BCUT2D eigenvalue weighted by Gasteiger charge is 2.20. The minimum atomic E-state index is 0.237. The maximum atomic E-state index is 6.06. The summed E-state index contributed by atoms with van der Waals surface area (Å²) < 4.78 is 11.8. The molecule has 0 amide bonds. The number of para-hydroxylation sites is 1. The summed E-state index contributed by atoms with van der Waals surface area (Å²) in [7, 11) is 0. The zero-order valence-corrected chi connectivity index (χ0v) is 15.1. The van der Waals surface area contributed by atoms with Crippen LogP contribution in [0.5, 0.6) is 5.75 Å². The van der Waals surface area contributed by atoms with E-state index in [1.54, 1.807) is 0 Å². The lowest BCUT2D eigenvalue weighted by atomic mass is 10.1. The molecule has 1 aliphatic rings. The van der Waals surface area contributed by atoms with E-state index < -0.39 is 0 Å². The second-order valence-corrected chi connectivity index (χ2v) is 6.76. The predicted octanol–water partition coefficient (Wildman–Crippen LogP) is 3.47. The lowest BCUT2D eigenvalue weighted by Gasteiger charge is -2.33. The molecule has 1 atom stereocenters. The van der Waals surface area contributed by atoms with E-state index in [4.69, 9.17) is 26.8 Å². The van der Waals surface area contributed by atoms with Crippen LogP contribution in [-0.2, 0) is 17.9 Å². The molecule has 1 aliphatic heterocycles. The van der Waals surface area contributed by atoms with E-state index in [1.807, 2.05) is 36.4 Å². The van der Waals surface area contributed by atoms with E-state index in [1.165, 1.54) is 5.56 Å². The number of nitrogens with two attached hydrogens (primary N) is 1. The first-order chi connectivity index (χ1) is 12.2. The van der Waals surface area contributed by atoms with Gasteiger partial charge in [0.2, 0.25) is 0 Å². The molecule has 134 valence electrons. The molecule has 2 N–H and O–H groups in total. The van der Waals surface area contributed by atoms with E-state index in [-0.39, 0.29) is 6.10 Å². The van der Waals surface area contributed by atoms with Crippen molar-refractivity contribution in [2.75, 3.05) is 26.2 Å². The molecule has 3 rings (SSSR count). The highest BCUT2D eigenvalue weighted by Crippen LogP contribution is 2.23. The Kier molecular flexibility index (Phi) is 6.70. The van der Waals surface area contributed by atoms with Crippen molar-refractivity contribution >= 4 is 11.6 Å². The molecule has 1 heterocycles. The molecule has 2 aromatic carbocycles. The van der Waals surface area contributed by atoms with Crippen molar-refractivity contribution in [2.45, 2.75) is 25.7 Å². The Morgan fingerprint density at radius 1 is 1.16 bits per heavy atom. The van der Waals surface area contributed by atoms with E-state index >= 15 is 0 Å². The average Bonchev–Trinajstić information content (AvgIpc) is 2.63. The SMILES string of the molecule is NCC[C@H]1CN(Cc2ccccc2OCc2ccc(Cl)cc2)CCO1. The van der Waals surface area contributed by atoms with Crippen LogP contribution in [0.1, 0.15) is 17.5 Å². The lowest BCUT2D eigenvalue weighted by molar-refractivity contribution is -0.0337. The van der Waals surface area contributed by atoms with Gasteiger partial charge in [0.25, 0.3) is 0 Å². The second kappa shape index (κ2) is 9.20. The summed E-state index contributed by atoms with van der Waals surface area (Å²) in [5.74, 6) is 0.930. The highest BCUT2D eigenvalue weighted by molar-refractivity contribution is 6.30. The Morgan fingerprint density at radius 2 is 1.96 bits per heavy atom. The Balaban J connectivity index is 1.61. The van der Waals surface area contributed by atoms with Crippen LogP contribution in [0.3, 0.4) is 0 Å². The van der Waals surface area contributed by atoms with Gasteiger partial charge in [0.15, 0.2) is 0 Å². The zero-order chi connectivity index (χ0) is 17.5. The van der Waals surface area contributed by atoms with Crippen molar-refractivity contribution in [3.8, 4) is 5.75 Å². The van der Waals surface area contributed by atoms with Crippen LogP contribution < -0.4 is 10.5 Å². The molecule has 0 bridgehead atoms. The fourth-order valence-electron chi connectivity index (χ4n) is 3.04. The topological polar surface area (TPSA) is 47.7 Å². The van der Waals surface area contributed by atoms with Crippen molar-refractivity contribution in [3.63, 3.8) is 0 Å². The lowest BCUT2D eigenvalue weighted by Crippen LogP contribution is -2.42. The highest BCUT2D eigenvalue weighted by atomic mass is 35.5. The molecule has 25 heavy (non-hydrogen) atoms. The van der Waals surface area contributed by atoms with Gasteiger partial charge in [-0.1, -0.05) is 41.9 Å². The monoisotopic (exact) mass is 360 g/mol. The third-order valence-corrected chi connectivity index (χ3v) is 4.64. The first-order valence-corrected chi connectivity index (χ1v) is 9.11. The summed E-state index contributed by atoms with van der Waals surface area (Å²) in [5.41, 5.74) is 7.96. The largest absolute Gasteiger partial charge is 0.489 e. The zero-order valence-electron chi connectivity index (χ0n) is 14.4. The molecule has 5 heteroatoms. The van der Waals surface area contributed by atoms with Crippen LogP contribution in [0.4, 0.5) is 0 Å². The quantitative estimate of drug-likeness (QED) is 0.821. The normalized spacial score (nSPS) is 18.2. The standard InChI is InChI=1S/C20H25ClN2O2/c21-18-7-5-16(6-8-18)15-25-20-4-2-1-3-17(20)13-23-11-12-24-19(14-23)9-10-22/h1-8,19H,9-15,22H2/t19-/m0/s1. The molecular formula is C20H25ClN2O2. The van der Waals surface area contributed by atoms with Crippen LogP contribution in [0.2, 0.25) is 5.02 Å². The van der Waals surface area contributed by atoms with Gasteiger partial charge < -0.3 is 15.2 Å². The molecular weight excluding hydrogens is 336 g/mol. The number of nitrogens with zero attached hydrogens (tertiary/aromatic N) is 1. The molecule has 4 nitrogen and oxygen atoms in total. The number of hydrogen-bond acceptors (Lipinski definition) is 4. The van der Waals surface area contributed by atoms with Crippen LogP contribution in [0, 0.1) is 0 Å². The molecule has 1 saturated heterocycles. The number of benzene rings is 2. The van der Waals surface area contributed by atoms with E-state index in [9.17, 15) is 0 Å². The van der Waals surface area contributed by atoms with Gasteiger partial charge in [-0.05, 0) is 36.7 Å². The molecule has 0 saturated carbocycles. The third-order valence-electron chi connectivity index (χ3n) is 4.39. The maximum Gasteiger partial charge on any atom is 0.124 e. The van der Waals surface area contributed by atoms with Crippen LogP contribution in [-0.4, -0.2) is 37.2 Å². The molecule has 0 radical (unpaired) electrons. The van der Waals surface area contributed by atoms with Gasteiger partial charge in [0.1, 0.15) is 12.4 Å². The Labute approximate surface area is 154 Å². The van der Waals surface area contributed by atoms with Crippen molar-refractivity contribution in [1.29, 1.82) is 0 Å². The van der Waals surface area contributed by atoms with Crippen LogP contribution in [0.15, 0.2) is 48.5 Å². The van der Waals surface area contributed by atoms with Gasteiger partial charge in [0.05, 0.1) is 12.7 Å². The fourth-order valence-corrected chi connectivity index (χ4v) is 3.17. The Bertz CT molecular complexity index is 661. The second-order valence-electron chi connectivity index (χ2n) is 6.33. The minimum absolute atomic E-state index is 0.237. The van der Waals surface area contributed by atoms with Crippen LogP contribution in [0.25, 0.3) is 0 Å². The summed E-state index contributed by atoms with van der Waals surface area (Å²) >= 11 is 5.93. The molecule has 0 unspecified atom stereocenters. The summed E-state index contributed by atoms with van der Waals surface area (Å²) in [4.78, 5) is 2.41. The smallest absolute Gasteiger partial charge is 0.124 e. The minimum Gasteiger partial charge on any atom is -0.489 e. The van der Waals surface area contributed by atoms with Gasteiger partial charge in [0, 0.05) is 30.2 Å². The number of rotatable bonds is 7. The fraction of sp³-hybridized carbons (Fsp3) is 0.400. The molecule has 0 aliphatic carbocycles. The van der Waals surface area contributed by atoms with Crippen LogP contribution >= 0.6 is 11.6 Å². The molecule has 1 fully saturated rings. The molecule has 0 aromatic heterocycles. The Morgan fingerprint density at radius 3 is 2.76 bits per heavy atom. The number of ether oxygens (including phenoxy) is 2. The maximum absolute atomic E-state index is 6.06. The van der Waals surface area contributed by atoms with E-state index in [0.29, 0.717) is 13.2 Å². The summed E-state index contributed by atoms with van der Waals surface area (Å²) in [5, 5.41) is 0.739. The first kappa shape index (κ1) is 18.2. The molecule has 0 spiro atoms. The van der Waals surface area contributed by atoms with E-state index in [0.717, 1.165) is 49.0 Å². The van der Waals surface area contributed by atoms with Gasteiger partial charge in [-0.15, -0.1) is 0 Å². The summed E-state index contributed by atoms with van der Waals surface area (Å²) in [6.45, 7) is 4.68. The van der Waals surface area contributed by atoms with Gasteiger partial charge in [-0.2, -0.15) is 0 Å². The summed E-state index contributed by atoms with van der Waals surface area (Å²) in [6, 6.07) is 16.0. The van der Waals surface area contributed by atoms with Crippen molar-refractivity contribution < 1.29 is 9.47 Å². The third kappa shape index (κ3) is 5.44. The average molecular weight is 361 g/mol. The van der Waals surface area contributed by atoms with Crippen molar-refractivity contribution in [3.05, 3.63) is 64.7 Å². The Hall–Kier alpha value is -1.59. The van der Waals surface area contributed by atoms with Crippen molar-refractivity contribution in [2.24, 2.45) is 5.73 Å². The number of morpholine rings is 1. The van der Waals surface area contributed by atoms with E-state index in [2.05, 4.69) is 17.0 Å². The van der Waals surface area contributed by atoms with Gasteiger partial charge in [-0.25, -0.2) is 0 Å². The number of halogens is 1. The van der Waals surface area contributed by atoms with Crippen molar-refractivity contribution in [1.82, 2.24) is 4.90 Å².